The second kappa shape index (κ2) is 11.8. The van der Waals surface area contributed by atoms with Crippen molar-refractivity contribution in [2.24, 2.45) is 0 Å². The van der Waals surface area contributed by atoms with Gasteiger partial charge in [-0.1, -0.05) is 50.1 Å². The van der Waals surface area contributed by atoms with E-state index in [0.29, 0.717) is 25.9 Å². The maximum atomic E-state index is 12.6. The topological polar surface area (TPSA) is 82.3 Å². The fourth-order valence-electron chi connectivity index (χ4n) is 3.16. The van der Waals surface area contributed by atoms with Crippen LogP contribution < -0.4 is 21.3 Å². The normalized spacial score (nSPS) is 15.0. The molecule has 0 unspecified atom stereocenters. The molecule has 7 heteroatoms. The molecule has 26 heavy (non-hydrogen) atoms. The van der Waals surface area contributed by atoms with Crippen molar-refractivity contribution in [2.75, 3.05) is 19.6 Å². The molecule has 1 aliphatic rings. The van der Waals surface area contributed by atoms with Gasteiger partial charge in [0.05, 0.1) is 0 Å². The van der Waals surface area contributed by atoms with Gasteiger partial charge in [0.15, 0.2) is 0 Å². The lowest BCUT2D eigenvalue weighted by Crippen LogP contribution is -2.59. The molecule has 0 spiro atoms. The van der Waals surface area contributed by atoms with E-state index in [2.05, 4.69) is 28.2 Å². The molecule has 1 fully saturated rings. The van der Waals surface area contributed by atoms with Crippen molar-refractivity contribution in [1.29, 1.82) is 0 Å². The number of hydrogen-bond donors (Lipinski definition) is 4. The van der Waals surface area contributed by atoms with Crippen LogP contribution in [0.25, 0.3) is 0 Å². The molecule has 0 atom stereocenters. The van der Waals surface area contributed by atoms with Crippen molar-refractivity contribution in [3.8, 4) is 0 Å². The molecular formula is C19H31ClN4O2. The number of halogens is 1. The maximum Gasteiger partial charge on any atom is 0.315 e. The van der Waals surface area contributed by atoms with Gasteiger partial charge in [0.25, 0.3) is 0 Å². The summed E-state index contributed by atoms with van der Waals surface area (Å²) in [6, 6.07) is 9.45. The Hall–Kier alpha value is -1.79. The van der Waals surface area contributed by atoms with Gasteiger partial charge in [-0.15, -0.1) is 12.4 Å². The summed E-state index contributed by atoms with van der Waals surface area (Å²) in [6.45, 7) is 4.83. The van der Waals surface area contributed by atoms with Gasteiger partial charge in [0.2, 0.25) is 5.91 Å². The number of amides is 3. The molecule has 0 radical (unpaired) electrons. The van der Waals surface area contributed by atoms with E-state index in [4.69, 9.17) is 0 Å². The molecule has 0 aromatic heterocycles. The summed E-state index contributed by atoms with van der Waals surface area (Å²) >= 11 is 0. The largest absolute Gasteiger partial charge is 0.353 e. The average Bonchev–Trinajstić information content (AvgIpc) is 3.10. The van der Waals surface area contributed by atoms with Crippen LogP contribution in [0.3, 0.4) is 0 Å². The lowest BCUT2D eigenvalue weighted by Gasteiger charge is -2.29. The van der Waals surface area contributed by atoms with Crippen molar-refractivity contribution in [3.05, 3.63) is 35.9 Å². The molecule has 1 saturated carbocycles. The second-order valence-electron chi connectivity index (χ2n) is 6.59. The Balaban J connectivity index is 0.00000338. The van der Waals surface area contributed by atoms with Gasteiger partial charge >= 0.3 is 6.03 Å². The van der Waals surface area contributed by atoms with E-state index in [1.165, 1.54) is 0 Å². The second-order valence-corrected chi connectivity index (χ2v) is 6.59. The number of urea groups is 1. The van der Waals surface area contributed by atoms with Crippen molar-refractivity contribution in [2.45, 2.75) is 51.1 Å². The van der Waals surface area contributed by atoms with Crippen molar-refractivity contribution >= 4 is 24.3 Å². The zero-order valence-corrected chi connectivity index (χ0v) is 16.3. The summed E-state index contributed by atoms with van der Waals surface area (Å²) in [4.78, 5) is 24.9. The maximum absolute atomic E-state index is 12.6. The molecule has 1 aliphatic carbocycles. The number of hydrogen-bond acceptors (Lipinski definition) is 3. The zero-order chi connectivity index (χ0) is 18.0. The smallest absolute Gasteiger partial charge is 0.315 e. The summed E-state index contributed by atoms with van der Waals surface area (Å²) in [6.07, 6.45) is 4.38. The van der Waals surface area contributed by atoms with Crippen LogP contribution in [0.5, 0.6) is 0 Å². The Morgan fingerprint density at radius 2 is 1.69 bits per heavy atom. The highest BCUT2D eigenvalue weighted by atomic mass is 35.5. The molecule has 2 rings (SSSR count). The Bertz CT molecular complexity index is 548. The predicted molar refractivity (Wildman–Crippen MR) is 106 cm³/mol. The summed E-state index contributed by atoms with van der Waals surface area (Å²) in [5.41, 5.74) is 0.260. The van der Waals surface area contributed by atoms with Crippen LogP contribution >= 0.6 is 12.4 Å². The highest BCUT2D eigenvalue weighted by Gasteiger charge is 2.42. The minimum Gasteiger partial charge on any atom is -0.353 e. The van der Waals surface area contributed by atoms with Gasteiger partial charge in [-0.2, -0.15) is 0 Å². The SMILES string of the molecule is CCCNCCNC(=O)C1(NC(=O)NCc2ccccc2)CCCC1.Cl. The number of carbonyl (C=O) groups is 2. The molecule has 146 valence electrons. The lowest BCUT2D eigenvalue weighted by molar-refractivity contribution is -0.127. The molecule has 0 saturated heterocycles. The first-order valence-electron chi connectivity index (χ1n) is 9.25. The molecule has 4 N–H and O–H groups in total. The predicted octanol–water partition coefficient (Wildman–Crippen LogP) is 2.34. The first kappa shape index (κ1) is 22.3. The van der Waals surface area contributed by atoms with Gasteiger partial charge in [-0.25, -0.2) is 4.79 Å². The number of benzene rings is 1. The van der Waals surface area contributed by atoms with Crippen LogP contribution in [-0.2, 0) is 11.3 Å². The first-order chi connectivity index (χ1) is 12.2. The molecular weight excluding hydrogens is 352 g/mol. The Kier molecular flexibility index (Phi) is 10.1. The zero-order valence-electron chi connectivity index (χ0n) is 15.5. The summed E-state index contributed by atoms with van der Waals surface area (Å²) in [5, 5.41) is 12.0. The quantitative estimate of drug-likeness (QED) is 0.495. The van der Waals surface area contributed by atoms with Crippen LogP contribution in [0.2, 0.25) is 0 Å². The van der Waals surface area contributed by atoms with Crippen LogP contribution in [0.1, 0.15) is 44.6 Å². The van der Waals surface area contributed by atoms with Crippen molar-refractivity contribution in [3.63, 3.8) is 0 Å². The highest BCUT2D eigenvalue weighted by molar-refractivity contribution is 5.91. The van der Waals surface area contributed by atoms with Crippen LogP contribution in [0, 0.1) is 0 Å². The lowest BCUT2D eigenvalue weighted by atomic mass is 9.96. The number of nitrogens with one attached hydrogen (secondary N) is 4. The van der Waals surface area contributed by atoms with E-state index in [1.54, 1.807) is 0 Å². The van der Waals surface area contributed by atoms with Crippen LogP contribution in [0.4, 0.5) is 4.79 Å². The molecule has 3 amide bonds. The summed E-state index contributed by atoms with van der Waals surface area (Å²) in [5.74, 6) is -0.0711. The molecule has 0 bridgehead atoms. The molecule has 6 nitrogen and oxygen atoms in total. The third-order valence-corrected chi connectivity index (χ3v) is 4.55. The highest BCUT2D eigenvalue weighted by Crippen LogP contribution is 2.29. The number of carbonyl (C=O) groups excluding carboxylic acids is 2. The minimum absolute atomic E-state index is 0. The van der Waals surface area contributed by atoms with Crippen LogP contribution in [0.15, 0.2) is 30.3 Å². The molecule has 1 aromatic carbocycles. The van der Waals surface area contributed by atoms with E-state index < -0.39 is 5.54 Å². The van der Waals surface area contributed by atoms with Crippen molar-refractivity contribution < 1.29 is 9.59 Å². The first-order valence-corrected chi connectivity index (χ1v) is 9.25. The van der Waals surface area contributed by atoms with E-state index in [1.807, 2.05) is 30.3 Å². The third-order valence-electron chi connectivity index (χ3n) is 4.55. The minimum atomic E-state index is -0.772. The van der Waals surface area contributed by atoms with Gasteiger partial charge < -0.3 is 21.3 Å². The fraction of sp³-hybridized carbons (Fsp3) is 0.579. The van der Waals surface area contributed by atoms with Gasteiger partial charge in [0, 0.05) is 19.6 Å². The summed E-state index contributed by atoms with van der Waals surface area (Å²) < 4.78 is 0. The van der Waals surface area contributed by atoms with E-state index in [-0.39, 0.29) is 24.3 Å². The van der Waals surface area contributed by atoms with E-state index in [9.17, 15) is 9.59 Å². The van der Waals surface area contributed by atoms with E-state index in [0.717, 1.165) is 37.9 Å². The molecule has 0 heterocycles. The summed E-state index contributed by atoms with van der Waals surface area (Å²) in [7, 11) is 0. The Morgan fingerprint density at radius 3 is 2.35 bits per heavy atom. The number of rotatable bonds is 9. The standard InChI is InChI=1S/C19H30N4O2.ClH/c1-2-12-20-13-14-21-17(24)19(10-6-7-11-19)23-18(25)22-15-16-8-4-3-5-9-16;/h3-5,8-9,20H,2,6-7,10-15H2,1H3,(H,21,24)(H2,22,23,25);1H. The van der Waals surface area contributed by atoms with Gasteiger partial charge in [0.1, 0.15) is 5.54 Å². The monoisotopic (exact) mass is 382 g/mol. The average molecular weight is 383 g/mol. The van der Waals surface area contributed by atoms with Crippen molar-refractivity contribution in [1.82, 2.24) is 21.3 Å². The Labute approximate surface area is 162 Å². The molecule has 0 aliphatic heterocycles. The van der Waals surface area contributed by atoms with Gasteiger partial charge in [-0.05, 0) is 31.4 Å². The third kappa shape index (κ3) is 6.84. The Morgan fingerprint density at radius 1 is 1.00 bits per heavy atom. The molecule has 1 aromatic rings. The fourth-order valence-corrected chi connectivity index (χ4v) is 3.16. The van der Waals surface area contributed by atoms with Gasteiger partial charge in [-0.3, -0.25) is 4.79 Å². The van der Waals surface area contributed by atoms with Crippen LogP contribution in [-0.4, -0.2) is 37.1 Å². The van der Waals surface area contributed by atoms with E-state index >= 15 is 0 Å².